The molecule has 0 saturated carbocycles. The van der Waals surface area contributed by atoms with Crippen molar-refractivity contribution in [1.29, 1.82) is 0 Å². The van der Waals surface area contributed by atoms with Crippen molar-refractivity contribution >= 4 is 0 Å². The van der Waals surface area contributed by atoms with E-state index in [0.717, 1.165) is 11.5 Å². The van der Waals surface area contributed by atoms with Gasteiger partial charge in [0.25, 0.3) is 0 Å². The molecule has 58 valence electrons. The predicted molar refractivity (Wildman–Crippen MR) is 40.5 cm³/mol. The summed E-state index contributed by atoms with van der Waals surface area (Å²) < 4.78 is 10.2. The molecular weight excluding hydrogens is 144 g/mol. The second kappa shape index (κ2) is 3.07. The minimum atomic E-state index is 0. The van der Waals surface area contributed by atoms with E-state index >= 15 is 0 Å². The zero-order chi connectivity index (χ0) is 6.81. The topological polar surface area (TPSA) is 50.0 Å². The first kappa shape index (κ1) is 7.63. The van der Waals surface area contributed by atoms with Gasteiger partial charge in [0.2, 0.25) is 0 Å². The Balaban J connectivity index is 0.000000605. The fraction of sp³-hybridized carbons (Fsp3) is 0. The average Bonchev–Trinajstić information content (AvgIpc) is 2.05. The highest BCUT2D eigenvalue weighted by molar-refractivity contribution is 5.41. The Bertz CT molecular complexity index is 241. The first-order valence-electron chi connectivity index (χ1n) is 3.04. The van der Waals surface area contributed by atoms with Crippen LogP contribution in [-0.2, 0) is 0 Å². The third-order valence-corrected chi connectivity index (χ3v) is 1.29. The van der Waals surface area contributed by atoms with Crippen LogP contribution in [0.2, 0.25) is 0 Å². The van der Waals surface area contributed by atoms with Gasteiger partial charge in [0, 0.05) is 0 Å². The summed E-state index contributed by atoms with van der Waals surface area (Å²) in [6, 6.07) is 7.53. The normalized spacial score (nSPS) is 12.0. The Labute approximate surface area is 64.2 Å². The molecule has 3 nitrogen and oxygen atoms in total. The third kappa shape index (κ3) is 1.33. The molecule has 2 rings (SSSR count). The van der Waals surface area contributed by atoms with Gasteiger partial charge in [-0.3, -0.25) is 0 Å². The molecule has 1 aromatic carbocycles. The van der Waals surface area contributed by atoms with E-state index in [4.69, 9.17) is 9.47 Å². The third-order valence-electron chi connectivity index (χ3n) is 1.29. The maximum absolute atomic E-state index is 5.12. The Morgan fingerprint density at radius 3 is 1.73 bits per heavy atom. The molecule has 1 aromatic rings. The van der Waals surface area contributed by atoms with Gasteiger partial charge in [-0.15, -0.1) is 0 Å². The van der Waals surface area contributed by atoms with Gasteiger partial charge < -0.3 is 14.9 Å². The van der Waals surface area contributed by atoms with Crippen LogP contribution in [0.15, 0.2) is 36.8 Å². The van der Waals surface area contributed by atoms with Gasteiger partial charge in [0.05, 0.1) is 0 Å². The molecule has 1 aliphatic rings. The minimum absolute atomic E-state index is 0. The Hall–Kier alpha value is -1.48. The molecular formula is C8H8O3. The first-order chi connectivity index (χ1) is 4.97. The number of rotatable bonds is 0. The van der Waals surface area contributed by atoms with Gasteiger partial charge in [0.1, 0.15) is 12.5 Å². The highest BCUT2D eigenvalue weighted by atomic mass is 16.5. The average molecular weight is 152 g/mol. The van der Waals surface area contributed by atoms with Crippen molar-refractivity contribution < 1.29 is 14.9 Å². The van der Waals surface area contributed by atoms with Crippen LogP contribution in [0.3, 0.4) is 0 Å². The summed E-state index contributed by atoms with van der Waals surface area (Å²) >= 11 is 0. The van der Waals surface area contributed by atoms with E-state index in [1.807, 2.05) is 24.3 Å². The summed E-state index contributed by atoms with van der Waals surface area (Å²) in [7, 11) is 0. The van der Waals surface area contributed by atoms with Crippen molar-refractivity contribution in [3.63, 3.8) is 0 Å². The van der Waals surface area contributed by atoms with Gasteiger partial charge in [-0.1, -0.05) is 12.1 Å². The minimum Gasteiger partial charge on any atom is -0.458 e. The van der Waals surface area contributed by atoms with Crippen molar-refractivity contribution in [2.45, 2.75) is 0 Å². The summed E-state index contributed by atoms with van der Waals surface area (Å²) in [5.41, 5.74) is 0. The van der Waals surface area contributed by atoms with Crippen molar-refractivity contribution in [3.8, 4) is 11.5 Å². The van der Waals surface area contributed by atoms with Crippen molar-refractivity contribution in [3.05, 3.63) is 36.8 Å². The molecule has 0 spiro atoms. The Kier molecular flexibility index (Phi) is 2.13. The van der Waals surface area contributed by atoms with E-state index < -0.39 is 0 Å². The number of hydrogen-bond donors (Lipinski definition) is 0. The molecule has 0 aromatic heterocycles. The summed E-state index contributed by atoms with van der Waals surface area (Å²) in [5, 5.41) is 0. The Morgan fingerprint density at radius 1 is 0.818 bits per heavy atom. The van der Waals surface area contributed by atoms with Crippen LogP contribution in [-0.4, -0.2) is 5.48 Å². The monoisotopic (exact) mass is 152 g/mol. The largest absolute Gasteiger partial charge is 0.458 e. The summed E-state index contributed by atoms with van der Waals surface area (Å²) in [5.74, 6) is 1.54. The van der Waals surface area contributed by atoms with Gasteiger partial charge >= 0.3 is 0 Å². The lowest BCUT2D eigenvalue weighted by Gasteiger charge is -2.10. The van der Waals surface area contributed by atoms with Crippen LogP contribution in [0, 0.1) is 0 Å². The second-order valence-electron chi connectivity index (χ2n) is 1.95. The van der Waals surface area contributed by atoms with Crippen molar-refractivity contribution in [1.82, 2.24) is 0 Å². The number of fused-ring (bicyclic) bond motifs is 1. The molecule has 0 atom stereocenters. The lowest BCUT2D eigenvalue weighted by Crippen LogP contribution is -1.94. The maximum Gasteiger partial charge on any atom is 0.169 e. The fourth-order valence-electron chi connectivity index (χ4n) is 0.847. The molecule has 1 heterocycles. The predicted octanol–water partition coefficient (Wildman–Crippen LogP) is 1.10. The van der Waals surface area contributed by atoms with Crippen LogP contribution in [0.25, 0.3) is 0 Å². The quantitative estimate of drug-likeness (QED) is 0.559. The van der Waals surface area contributed by atoms with Gasteiger partial charge in [0.15, 0.2) is 11.5 Å². The van der Waals surface area contributed by atoms with E-state index in [9.17, 15) is 0 Å². The molecule has 0 amide bonds. The molecule has 0 unspecified atom stereocenters. The lowest BCUT2D eigenvalue weighted by atomic mass is 10.3. The molecule has 1 aliphatic heterocycles. The van der Waals surface area contributed by atoms with Gasteiger partial charge in [-0.25, -0.2) is 0 Å². The van der Waals surface area contributed by atoms with Crippen molar-refractivity contribution in [2.24, 2.45) is 0 Å². The van der Waals surface area contributed by atoms with E-state index in [-0.39, 0.29) is 5.48 Å². The molecule has 3 heteroatoms. The lowest BCUT2D eigenvalue weighted by molar-refractivity contribution is 0.362. The van der Waals surface area contributed by atoms with Crippen LogP contribution in [0.4, 0.5) is 0 Å². The number of ether oxygens (including phenoxy) is 2. The zero-order valence-electron chi connectivity index (χ0n) is 5.78. The zero-order valence-corrected chi connectivity index (χ0v) is 5.78. The highest BCUT2D eigenvalue weighted by Gasteiger charge is 2.03. The van der Waals surface area contributed by atoms with Crippen LogP contribution >= 0.6 is 0 Å². The fourth-order valence-corrected chi connectivity index (χ4v) is 0.847. The molecule has 0 fully saturated rings. The molecule has 0 radical (unpaired) electrons. The highest BCUT2D eigenvalue weighted by Crippen LogP contribution is 2.28. The van der Waals surface area contributed by atoms with Crippen LogP contribution in [0.5, 0.6) is 11.5 Å². The first-order valence-corrected chi connectivity index (χ1v) is 3.04. The molecule has 0 aliphatic carbocycles. The van der Waals surface area contributed by atoms with Crippen LogP contribution in [0.1, 0.15) is 0 Å². The SMILES string of the molecule is C1=COc2ccccc2O1.O. The second-order valence-corrected chi connectivity index (χ2v) is 1.95. The molecule has 11 heavy (non-hydrogen) atoms. The van der Waals surface area contributed by atoms with Gasteiger partial charge in [-0.05, 0) is 12.1 Å². The maximum atomic E-state index is 5.12. The standard InChI is InChI=1S/C8H6O2.H2O/c1-2-4-8-7(3-1)9-5-6-10-8;/h1-6H;1H2. The summed E-state index contributed by atoms with van der Waals surface area (Å²) in [4.78, 5) is 0. The van der Waals surface area contributed by atoms with E-state index in [1.165, 1.54) is 12.5 Å². The molecule has 0 saturated heterocycles. The van der Waals surface area contributed by atoms with Crippen molar-refractivity contribution in [2.75, 3.05) is 0 Å². The Morgan fingerprint density at radius 2 is 1.27 bits per heavy atom. The van der Waals surface area contributed by atoms with Crippen LogP contribution < -0.4 is 9.47 Å². The number of para-hydroxylation sites is 2. The number of hydrogen-bond acceptors (Lipinski definition) is 2. The summed E-state index contributed by atoms with van der Waals surface area (Å²) in [6.45, 7) is 0. The van der Waals surface area contributed by atoms with E-state index in [2.05, 4.69) is 0 Å². The molecule has 2 N–H and O–H groups in total. The van der Waals surface area contributed by atoms with E-state index in [0.29, 0.717) is 0 Å². The summed E-state index contributed by atoms with van der Waals surface area (Å²) in [6.07, 6.45) is 3.03. The van der Waals surface area contributed by atoms with Gasteiger partial charge in [-0.2, -0.15) is 0 Å². The van der Waals surface area contributed by atoms with E-state index in [1.54, 1.807) is 0 Å². The smallest absolute Gasteiger partial charge is 0.169 e. The number of benzene rings is 1. The molecule has 0 bridgehead atoms.